The molecule has 0 aliphatic heterocycles. The number of nitrogens with one attached hydrogen (secondary N) is 1. The van der Waals surface area contributed by atoms with Crippen molar-refractivity contribution in [3.63, 3.8) is 0 Å². The molecule has 0 spiro atoms. The van der Waals surface area contributed by atoms with Gasteiger partial charge < -0.3 is 0 Å². The molecule has 118 valence electrons. The van der Waals surface area contributed by atoms with Gasteiger partial charge >= 0.3 is 0 Å². The second-order valence-electron chi connectivity index (χ2n) is 5.64. The third kappa shape index (κ3) is 2.38. The fourth-order valence-electron chi connectivity index (χ4n) is 3.23. The topological polar surface area (TPSA) is 54.4 Å². The van der Waals surface area contributed by atoms with Crippen LogP contribution in [-0.4, -0.2) is 27.4 Å². The van der Waals surface area contributed by atoms with Crippen molar-refractivity contribution in [2.24, 2.45) is 22.9 Å². The minimum Gasteiger partial charge on any atom is -0.267 e. The number of alkyl halides is 4. The molecule has 1 N–H and O–H groups in total. The van der Waals surface area contributed by atoms with Gasteiger partial charge in [0.25, 0.3) is 5.91 Å². The second-order valence-corrected chi connectivity index (χ2v) is 6.74. The lowest BCUT2D eigenvalue weighted by atomic mass is 9.86. The van der Waals surface area contributed by atoms with Crippen molar-refractivity contribution in [1.29, 1.82) is 0 Å². The number of hydrogen-bond acceptors (Lipinski definition) is 3. The van der Waals surface area contributed by atoms with Crippen molar-refractivity contribution in [2.75, 3.05) is 0 Å². The van der Waals surface area contributed by atoms with E-state index in [-0.39, 0.29) is 12.3 Å². The molecule has 22 heavy (non-hydrogen) atoms. The molecule has 3 rings (SSSR count). The van der Waals surface area contributed by atoms with Crippen molar-refractivity contribution >= 4 is 35.3 Å². The summed E-state index contributed by atoms with van der Waals surface area (Å²) >= 11 is 11.3. The van der Waals surface area contributed by atoms with Crippen LogP contribution in [0.1, 0.15) is 23.2 Å². The summed E-state index contributed by atoms with van der Waals surface area (Å²) in [5, 5.41) is -1.32. The Labute approximate surface area is 135 Å². The van der Waals surface area contributed by atoms with E-state index in [0.717, 1.165) is 0 Å². The van der Waals surface area contributed by atoms with Crippen LogP contribution in [0.3, 0.4) is 0 Å². The van der Waals surface area contributed by atoms with Crippen LogP contribution >= 0.6 is 23.2 Å². The summed E-state index contributed by atoms with van der Waals surface area (Å²) in [4.78, 5) is 15.6. The minimum atomic E-state index is -2.61. The first-order chi connectivity index (χ1) is 10.3. The molecule has 2 aliphatic rings. The molecule has 2 aliphatic carbocycles. The predicted octanol–water partition coefficient (Wildman–Crippen LogP) is 3.26. The van der Waals surface area contributed by atoms with E-state index in [1.807, 2.05) is 0 Å². The Kier molecular flexibility index (Phi) is 3.85. The molecule has 2 fully saturated rings. The average Bonchev–Trinajstić information content (AvgIpc) is 2.99. The minimum absolute atomic E-state index is 0.273. The number of amides is 1. The quantitative estimate of drug-likeness (QED) is 0.518. The first-order valence-electron chi connectivity index (χ1n) is 6.83. The van der Waals surface area contributed by atoms with Crippen molar-refractivity contribution in [2.45, 2.75) is 23.1 Å². The van der Waals surface area contributed by atoms with E-state index < -0.39 is 28.0 Å². The monoisotopic (exact) mass is 347 g/mol. The number of carbonyl (C=O) groups is 1. The fraction of sp³-hybridized carbons (Fsp3) is 0.500. The van der Waals surface area contributed by atoms with Crippen LogP contribution in [0.25, 0.3) is 0 Å². The van der Waals surface area contributed by atoms with Gasteiger partial charge in [-0.1, -0.05) is 23.2 Å². The van der Waals surface area contributed by atoms with Crippen LogP contribution in [0.5, 0.6) is 0 Å². The molecule has 0 radical (unpaired) electrons. The lowest BCUT2D eigenvalue weighted by Gasteiger charge is -2.36. The lowest BCUT2D eigenvalue weighted by Crippen LogP contribution is -2.47. The van der Waals surface area contributed by atoms with E-state index in [2.05, 4.69) is 15.5 Å². The third-order valence-electron chi connectivity index (χ3n) is 4.41. The highest BCUT2D eigenvalue weighted by Gasteiger charge is 2.71. The van der Waals surface area contributed by atoms with Crippen molar-refractivity contribution < 1.29 is 13.6 Å². The highest BCUT2D eigenvalue weighted by molar-refractivity contribution is 6.34. The molecule has 0 aromatic carbocycles. The highest BCUT2D eigenvalue weighted by atomic mass is 35.5. The first kappa shape index (κ1) is 15.6. The molecule has 1 aromatic rings. The molecule has 4 nitrogen and oxygen atoms in total. The number of rotatable bonds is 3. The number of nitrogens with zero attached hydrogens (tertiary/aromatic N) is 2. The van der Waals surface area contributed by atoms with Crippen molar-refractivity contribution in [3.05, 3.63) is 30.1 Å². The third-order valence-corrected chi connectivity index (χ3v) is 5.65. The zero-order chi connectivity index (χ0) is 16.0. The van der Waals surface area contributed by atoms with E-state index >= 15 is 0 Å². The molecule has 1 amide bonds. The second kappa shape index (κ2) is 5.42. The number of aromatic nitrogens is 1. The molecule has 8 heteroatoms. The normalized spacial score (nSPS) is 40.3. The summed E-state index contributed by atoms with van der Waals surface area (Å²) in [6.45, 7) is 0. The van der Waals surface area contributed by atoms with Gasteiger partial charge in [0.1, 0.15) is 0 Å². The molecular formula is C14H13Cl2F2N3O. The van der Waals surface area contributed by atoms with Crippen LogP contribution in [-0.2, 0) is 0 Å². The van der Waals surface area contributed by atoms with E-state index in [9.17, 15) is 13.6 Å². The Morgan fingerprint density at radius 3 is 2.59 bits per heavy atom. The van der Waals surface area contributed by atoms with Gasteiger partial charge in [0.05, 0.1) is 0 Å². The van der Waals surface area contributed by atoms with Crippen LogP contribution in [0.4, 0.5) is 8.78 Å². The van der Waals surface area contributed by atoms with E-state index in [0.29, 0.717) is 12.0 Å². The number of carbonyl (C=O) groups excluding carboxylic acids is 1. The molecule has 1 aromatic heterocycles. The average molecular weight is 348 g/mol. The fourth-order valence-corrected chi connectivity index (χ4v) is 3.95. The highest BCUT2D eigenvalue weighted by Crippen LogP contribution is 2.65. The molecular weight excluding hydrogens is 335 g/mol. The number of hydrogen-bond donors (Lipinski definition) is 1. The van der Waals surface area contributed by atoms with Gasteiger partial charge in [-0.05, 0) is 25.0 Å². The predicted molar refractivity (Wildman–Crippen MR) is 79.3 cm³/mol. The molecule has 2 saturated carbocycles. The summed E-state index contributed by atoms with van der Waals surface area (Å²) in [5.74, 6) is -2.15. The van der Waals surface area contributed by atoms with Gasteiger partial charge in [0.2, 0.25) is 10.3 Å². The molecule has 0 saturated heterocycles. The Morgan fingerprint density at radius 2 is 2.00 bits per heavy atom. The van der Waals surface area contributed by atoms with Crippen LogP contribution in [0, 0.1) is 17.8 Å². The van der Waals surface area contributed by atoms with Gasteiger partial charge in [-0.15, -0.1) is 0 Å². The molecule has 2 bridgehead atoms. The SMILES string of the molecule is O=C(N/N=C\[C@H]1C[C@@H]2C[C@@H]1[C@@](F)(Cl)[C@@]2(F)Cl)c1ccncc1. The maximum absolute atomic E-state index is 14.3. The smallest absolute Gasteiger partial charge is 0.267 e. The first-order valence-corrected chi connectivity index (χ1v) is 7.59. The van der Waals surface area contributed by atoms with Crippen molar-refractivity contribution in [1.82, 2.24) is 10.4 Å². The number of halogens is 4. The summed E-state index contributed by atoms with van der Waals surface area (Å²) in [7, 11) is 0. The largest absolute Gasteiger partial charge is 0.271 e. The number of fused-ring (bicyclic) bond motifs is 2. The number of hydrazone groups is 1. The Hall–Kier alpha value is -1.27. The lowest BCUT2D eigenvalue weighted by molar-refractivity contribution is 0.0289. The van der Waals surface area contributed by atoms with E-state index in [4.69, 9.17) is 23.2 Å². The van der Waals surface area contributed by atoms with Gasteiger partial charge in [0.15, 0.2) is 0 Å². The summed E-state index contributed by atoms with van der Waals surface area (Å²) < 4.78 is 28.4. The van der Waals surface area contributed by atoms with Gasteiger partial charge in [-0.3, -0.25) is 9.78 Å². The van der Waals surface area contributed by atoms with Crippen LogP contribution in [0.15, 0.2) is 29.6 Å². The van der Waals surface area contributed by atoms with Gasteiger partial charge in [-0.2, -0.15) is 5.10 Å². The zero-order valence-electron chi connectivity index (χ0n) is 11.3. The number of pyridine rings is 1. The maximum atomic E-state index is 14.3. The van der Waals surface area contributed by atoms with Crippen LogP contribution in [0.2, 0.25) is 0 Å². The summed E-state index contributed by atoms with van der Waals surface area (Å²) in [6, 6.07) is 3.08. The van der Waals surface area contributed by atoms with Crippen molar-refractivity contribution in [3.8, 4) is 0 Å². The summed E-state index contributed by atoms with van der Waals surface area (Å²) in [6.07, 6.45) is 5.01. The maximum Gasteiger partial charge on any atom is 0.271 e. The zero-order valence-corrected chi connectivity index (χ0v) is 12.9. The molecule has 5 atom stereocenters. The van der Waals surface area contributed by atoms with E-state index in [1.54, 1.807) is 12.1 Å². The van der Waals surface area contributed by atoms with Gasteiger partial charge in [0, 0.05) is 41.9 Å². The Bertz CT molecular complexity index is 609. The van der Waals surface area contributed by atoms with Crippen LogP contribution < -0.4 is 5.43 Å². The standard InChI is InChI=1S/C14H13Cl2F2N3O/c15-13(17)10-5-9(11(6-10)14(13,16)18)7-20-21-12(22)8-1-3-19-4-2-8/h1-4,7,9-11H,5-6H2,(H,21,22)/b20-7-/t9-,10-,11+,13-,14+/m1/s1. The Morgan fingerprint density at radius 1 is 1.32 bits per heavy atom. The Balaban J connectivity index is 1.63. The molecule has 0 unspecified atom stereocenters. The van der Waals surface area contributed by atoms with Gasteiger partial charge in [-0.25, -0.2) is 14.2 Å². The van der Waals surface area contributed by atoms with E-state index in [1.165, 1.54) is 18.6 Å². The molecule has 1 heterocycles. The summed E-state index contributed by atoms with van der Waals surface area (Å²) in [5.41, 5.74) is 2.75.